The molecule has 23 heavy (non-hydrogen) atoms. The van der Waals surface area contributed by atoms with E-state index in [1.807, 2.05) is 19.1 Å². The fraction of sp³-hybridized carbons (Fsp3) is 0.471. The van der Waals surface area contributed by atoms with E-state index in [0.29, 0.717) is 24.6 Å². The Kier molecular flexibility index (Phi) is 5.73. The van der Waals surface area contributed by atoms with Gasteiger partial charge in [0.25, 0.3) is 0 Å². The molecule has 0 radical (unpaired) electrons. The highest BCUT2D eigenvalue weighted by Crippen LogP contribution is 2.22. The summed E-state index contributed by atoms with van der Waals surface area (Å²) in [5.74, 6) is 0.953. The maximum Gasteiger partial charge on any atom is 0.224 e. The van der Waals surface area contributed by atoms with E-state index >= 15 is 0 Å². The Morgan fingerprint density at radius 1 is 1.22 bits per heavy atom. The minimum absolute atomic E-state index is 0.0560. The molecule has 0 aliphatic heterocycles. The molecule has 2 aromatic rings. The summed E-state index contributed by atoms with van der Waals surface area (Å²) in [5, 5.41) is 10.6. The summed E-state index contributed by atoms with van der Waals surface area (Å²) in [6.45, 7) is 9.93. The molecule has 0 saturated heterocycles. The third kappa shape index (κ3) is 4.55. The van der Waals surface area contributed by atoms with Crippen molar-refractivity contribution < 1.29 is 9.21 Å². The van der Waals surface area contributed by atoms with Crippen molar-refractivity contribution >= 4 is 17.3 Å². The molecule has 6 heteroatoms. The van der Waals surface area contributed by atoms with Gasteiger partial charge < -0.3 is 14.6 Å². The molecule has 0 fully saturated rings. The number of anilines is 2. The number of amides is 1. The molecule has 0 aliphatic rings. The first kappa shape index (κ1) is 17.0. The quantitative estimate of drug-likeness (QED) is 0.850. The van der Waals surface area contributed by atoms with Crippen molar-refractivity contribution in [1.82, 2.24) is 10.2 Å². The predicted octanol–water partition coefficient (Wildman–Crippen LogP) is 3.10. The van der Waals surface area contributed by atoms with Crippen LogP contribution in [0.1, 0.15) is 37.6 Å². The number of aryl methyl sites for hydroxylation is 3. The number of rotatable bonds is 7. The van der Waals surface area contributed by atoms with E-state index in [9.17, 15) is 4.79 Å². The summed E-state index contributed by atoms with van der Waals surface area (Å²) in [6.07, 6.45) is 0.766. The lowest BCUT2D eigenvalue weighted by atomic mass is 10.1. The lowest BCUT2D eigenvalue weighted by Gasteiger charge is -2.22. The van der Waals surface area contributed by atoms with Gasteiger partial charge in [-0.1, -0.05) is 0 Å². The second kappa shape index (κ2) is 7.76. The highest BCUT2D eigenvalue weighted by molar-refractivity contribution is 5.91. The Balaban J connectivity index is 1.95. The minimum Gasteiger partial charge on any atom is -0.426 e. The standard InChI is InChI=1S/C17H24N4O2/c1-5-21(6-2)14-7-8-15(12(3)11-14)18-16(22)9-10-17-20-19-13(4)23-17/h7-8,11H,5-6,9-10H2,1-4H3,(H,18,22). The molecular weight excluding hydrogens is 292 g/mol. The molecule has 2 rings (SSSR count). The van der Waals surface area contributed by atoms with E-state index < -0.39 is 0 Å². The SMILES string of the molecule is CCN(CC)c1ccc(NC(=O)CCc2nnc(C)o2)c(C)c1. The van der Waals surface area contributed by atoms with Gasteiger partial charge in [0.2, 0.25) is 17.7 Å². The third-order valence-electron chi connectivity index (χ3n) is 3.75. The molecule has 0 aliphatic carbocycles. The van der Waals surface area contributed by atoms with Crippen LogP contribution in [-0.4, -0.2) is 29.2 Å². The number of hydrogen-bond acceptors (Lipinski definition) is 5. The van der Waals surface area contributed by atoms with E-state index in [1.54, 1.807) is 6.92 Å². The van der Waals surface area contributed by atoms with Crippen LogP contribution in [0.25, 0.3) is 0 Å². The van der Waals surface area contributed by atoms with Crippen molar-refractivity contribution in [2.45, 2.75) is 40.5 Å². The Morgan fingerprint density at radius 3 is 2.52 bits per heavy atom. The molecule has 1 aromatic carbocycles. The summed E-state index contributed by atoms with van der Waals surface area (Å²) in [7, 11) is 0. The average molecular weight is 316 g/mol. The lowest BCUT2D eigenvalue weighted by molar-refractivity contribution is -0.116. The van der Waals surface area contributed by atoms with Crippen molar-refractivity contribution in [3.8, 4) is 0 Å². The molecule has 1 heterocycles. The van der Waals surface area contributed by atoms with Crippen molar-refractivity contribution in [2.24, 2.45) is 0 Å². The van der Waals surface area contributed by atoms with Crippen molar-refractivity contribution in [3.05, 3.63) is 35.5 Å². The van der Waals surface area contributed by atoms with Crippen LogP contribution in [0.5, 0.6) is 0 Å². The van der Waals surface area contributed by atoms with Gasteiger partial charge in [0.1, 0.15) is 0 Å². The van der Waals surface area contributed by atoms with Gasteiger partial charge in [-0.15, -0.1) is 10.2 Å². The van der Waals surface area contributed by atoms with Gasteiger partial charge in [-0.3, -0.25) is 4.79 Å². The molecule has 0 spiro atoms. The number of carbonyl (C=O) groups excluding carboxylic acids is 1. The Hall–Kier alpha value is -2.37. The molecule has 124 valence electrons. The van der Waals surface area contributed by atoms with Gasteiger partial charge in [0, 0.05) is 44.2 Å². The molecule has 0 atom stereocenters. The zero-order chi connectivity index (χ0) is 16.8. The lowest BCUT2D eigenvalue weighted by Crippen LogP contribution is -2.22. The van der Waals surface area contributed by atoms with Crippen molar-refractivity contribution in [1.29, 1.82) is 0 Å². The second-order valence-electron chi connectivity index (χ2n) is 5.43. The first-order chi connectivity index (χ1) is 11.0. The number of benzene rings is 1. The van der Waals surface area contributed by atoms with Gasteiger partial charge in [-0.2, -0.15) is 0 Å². The van der Waals surface area contributed by atoms with Crippen LogP contribution in [0, 0.1) is 13.8 Å². The smallest absolute Gasteiger partial charge is 0.224 e. The van der Waals surface area contributed by atoms with Crippen LogP contribution >= 0.6 is 0 Å². The van der Waals surface area contributed by atoms with Crippen LogP contribution in [0.2, 0.25) is 0 Å². The van der Waals surface area contributed by atoms with E-state index in [1.165, 1.54) is 5.69 Å². The number of aromatic nitrogens is 2. The monoisotopic (exact) mass is 316 g/mol. The summed E-state index contributed by atoms with van der Waals surface area (Å²) < 4.78 is 5.27. The van der Waals surface area contributed by atoms with E-state index in [2.05, 4.69) is 40.3 Å². The van der Waals surface area contributed by atoms with Gasteiger partial charge >= 0.3 is 0 Å². The van der Waals surface area contributed by atoms with Gasteiger partial charge in [0.15, 0.2) is 0 Å². The third-order valence-corrected chi connectivity index (χ3v) is 3.75. The highest BCUT2D eigenvalue weighted by Gasteiger charge is 2.10. The minimum atomic E-state index is -0.0560. The summed E-state index contributed by atoms with van der Waals surface area (Å²) in [4.78, 5) is 14.3. The average Bonchev–Trinajstić information content (AvgIpc) is 2.95. The molecule has 0 bridgehead atoms. The summed E-state index contributed by atoms with van der Waals surface area (Å²) >= 11 is 0. The number of carbonyl (C=O) groups is 1. The zero-order valence-corrected chi connectivity index (χ0v) is 14.2. The number of nitrogens with one attached hydrogen (secondary N) is 1. The molecular formula is C17H24N4O2. The molecule has 1 N–H and O–H groups in total. The normalized spacial score (nSPS) is 10.6. The fourth-order valence-electron chi connectivity index (χ4n) is 2.45. The van der Waals surface area contributed by atoms with Crippen molar-refractivity contribution in [3.63, 3.8) is 0 Å². The molecule has 1 amide bonds. The van der Waals surface area contributed by atoms with E-state index in [-0.39, 0.29) is 5.91 Å². The topological polar surface area (TPSA) is 71.3 Å². The predicted molar refractivity (Wildman–Crippen MR) is 90.7 cm³/mol. The first-order valence-corrected chi connectivity index (χ1v) is 7.98. The highest BCUT2D eigenvalue weighted by atomic mass is 16.4. The molecule has 0 unspecified atom stereocenters. The van der Waals surface area contributed by atoms with Crippen LogP contribution in [0.15, 0.2) is 22.6 Å². The van der Waals surface area contributed by atoms with Crippen LogP contribution in [0.3, 0.4) is 0 Å². The Morgan fingerprint density at radius 2 is 1.96 bits per heavy atom. The summed E-state index contributed by atoms with van der Waals surface area (Å²) in [6, 6.07) is 6.10. The Bertz CT molecular complexity index is 662. The number of nitrogens with zero attached hydrogens (tertiary/aromatic N) is 3. The largest absolute Gasteiger partial charge is 0.426 e. The maximum atomic E-state index is 12.1. The second-order valence-corrected chi connectivity index (χ2v) is 5.43. The van der Waals surface area contributed by atoms with Gasteiger partial charge in [0.05, 0.1) is 0 Å². The van der Waals surface area contributed by atoms with Crippen LogP contribution in [-0.2, 0) is 11.2 Å². The van der Waals surface area contributed by atoms with Gasteiger partial charge in [-0.05, 0) is 44.5 Å². The molecule has 0 saturated carbocycles. The van der Waals surface area contributed by atoms with Crippen molar-refractivity contribution in [2.75, 3.05) is 23.3 Å². The molecule has 1 aromatic heterocycles. The summed E-state index contributed by atoms with van der Waals surface area (Å²) in [5.41, 5.74) is 3.07. The van der Waals surface area contributed by atoms with E-state index in [4.69, 9.17) is 4.42 Å². The van der Waals surface area contributed by atoms with E-state index in [0.717, 1.165) is 24.3 Å². The van der Waals surface area contributed by atoms with Crippen LogP contribution in [0.4, 0.5) is 11.4 Å². The Labute approximate surface area is 136 Å². The fourth-order valence-corrected chi connectivity index (χ4v) is 2.45. The first-order valence-electron chi connectivity index (χ1n) is 7.98. The molecule has 6 nitrogen and oxygen atoms in total. The number of hydrogen-bond donors (Lipinski definition) is 1. The maximum absolute atomic E-state index is 12.1. The van der Waals surface area contributed by atoms with Crippen LogP contribution < -0.4 is 10.2 Å². The zero-order valence-electron chi connectivity index (χ0n) is 14.2. The van der Waals surface area contributed by atoms with Gasteiger partial charge in [-0.25, -0.2) is 0 Å².